The molecule has 94 valence electrons. The number of nitrogens with one attached hydrogen (secondary N) is 2. The first-order valence-electron chi connectivity index (χ1n) is 5.34. The van der Waals surface area contributed by atoms with Gasteiger partial charge in [-0.25, -0.2) is 9.78 Å². The summed E-state index contributed by atoms with van der Waals surface area (Å²) in [6, 6.07) is 2.95. The second kappa shape index (κ2) is 6.05. The van der Waals surface area contributed by atoms with E-state index in [2.05, 4.69) is 15.6 Å². The fourth-order valence-corrected chi connectivity index (χ4v) is 1.16. The van der Waals surface area contributed by atoms with Crippen LogP contribution in [0.2, 0.25) is 0 Å². The van der Waals surface area contributed by atoms with Crippen LogP contribution in [-0.2, 0) is 0 Å². The highest BCUT2D eigenvalue weighted by atomic mass is 16.3. The summed E-state index contributed by atoms with van der Waals surface area (Å²) in [7, 11) is 3.79. The van der Waals surface area contributed by atoms with Crippen molar-refractivity contribution in [2.24, 2.45) is 0 Å². The summed E-state index contributed by atoms with van der Waals surface area (Å²) < 4.78 is 0. The smallest absolute Gasteiger partial charge is 0.319 e. The highest BCUT2D eigenvalue weighted by Crippen LogP contribution is 2.11. The molecule has 1 heterocycles. The molecule has 0 aliphatic heterocycles. The fraction of sp³-hybridized carbons (Fsp3) is 0.455. The number of anilines is 2. The molecule has 0 saturated carbocycles. The van der Waals surface area contributed by atoms with Gasteiger partial charge in [-0.15, -0.1) is 0 Å². The van der Waals surface area contributed by atoms with Gasteiger partial charge in [0.2, 0.25) is 0 Å². The van der Waals surface area contributed by atoms with E-state index < -0.39 is 0 Å². The first-order valence-corrected chi connectivity index (χ1v) is 5.34. The maximum Gasteiger partial charge on any atom is 0.319 e. The fourth-order valence-electron chi connectivity index (χ4n) is 1.16. The van der Waals surface area contributed by atoms with Crippen LogP contribution in [0.1, 0.15) is 6.92 Å². The molecule has 0 fully saturated rings. The van der Waals surface area contributed by atoms with Gasteiger partial charge in [-0.2, -0.15) is 0 Å². The SMILES string of the molecule is CC(CO)NC(=O)Nc1ccc(N(C)C)nc1. The van der Waals surface area contributed by atoms with Crippen LogP contribution in [0.15, 0.2) is 18.3 Å². The van der Waals surface area contributed by atoms with E-state index in [1.165, 1.54) is 0 Å². The molecular formula is C11H18N4O2. The molecule has 1 unspecified atom stereocenters. The van der Waals surface area contributed by atoms with Gasteiger partial charge in [0.1, 0.15) is 5.82 Å². The monoisotopic (exact) mass is 238 g/mol. The summed E-state index contributed by atoms with van der Waals surface area (Å²) in [6.45, 7) is 1.62. The van der Waals surface area contributed by atoms with E-state index >= 15 is 0 Å². The van der Waals surface area contributed by atoms with Crippen molar-refractivity contribution in [1.82, 2.24) is 10.3 Å². The molecule has 0 radical (unpaired) electrons. The molecule has 17 heavy (non-hydrogen) atoms. The molecule has 3 N–H and O–H groups in total. The quantitative estimate of drug-likeness (QED) is 0.719. The molecule has 1 atom stereocenters. The largest absolute Gasteiger partial charge is 0.394 e. The first kappa shape index (κ1) is 13.2. The van der Waals surface area contributed by atoms with E-state index in [9.17, 15) is 4.79 Å². The van der Waals surface area contributed by atoms with Crippen molar-refractivity contribution in [3.63, 3.8) is 0 Å². The predicted octanol–water partition coefficient (Wildman–Crippen LogP) is 0.650. The van der Waals surface area contributed by atoms with Crippen LogP contribution < -0.4 is 15.5 Å². The molecule has 2 amide bonds. The Kier molecular flexibility index (Phi) is 4.71. The number of rotatable bonds is 4. The van der Waals surface area contributed by atoms with Crippen molar-refractivity contribution >= 4 is 17.5 Å². The van der Waals surface area contributed by atoms with E-state index in [0.717, 1.165) is 5.82 Å². The molecule has 1 aromatic rings. The van der Waals surface area contributed by atoms with Crippen molar-refractivity contribution in [3.05, 3.63) is 18.3 Å². The zero-order valence-electron chi connectivity index (χ0n) is 10.3. The van der Waals surface area contributed by atoms with Crippen LogP contribution in [-0.4, -0.2) is 42.9 Å². The second-order valence-electron chi connectivity index (χ2n) is 3.98. The van der Waals surface area contributed by atoms with E-state index in [-0.39, 0.29) is 18.7 Å². The van der Waals surface area contributed by atoms with Gasteiger partial charge in [0.25, 0.3) is 0 Å². The van der Waals surface area contributed by atoms with E-state index in [0.29, 0.717) is 5.69 Å². The Hall–Kier alpha value is -1.82. The Labute approximate surface area is 101 Å². The molecule has 1 rings (SSSR count). The number of carbonyl (C=O) groups is 1. The van der Waals surface area contributed by atoms with Gasteiger partial charge in [0.05, 0.1) is 24.5 Å². The van der Waals surface area contributed by atoms with Gasteiger partial charge in [-0.1, -0.05) is 0 Å². The normalized spacial score (nSPS) is 11.8. The third-order valence-corrected chi connectivity index (χ3v) is 2.12. The number of aliphatic hydroxyl groups excluding tert-OH is 1. The van der Waals surface area contributed by atoms with Gasteiger partial charge in [-0.05, 0) is 19.1 Å². The summed E-state index contributed by atoms with van der Waals surface area (Å²) in [4.78, 5) is 17.5. The van der Waals surface area contributed by atoms with Crippen molar-refractivity contribution in [2.75, 3.05) is 30.9 Å². The van der Waals surface area contributed by atoms with Gasteiger partial charge in [0, 0.05) is 14.1 Å². The maximum atomic E-state index is 11.4. The summed E-state index contributed by atoms with van der Waals surface area (Å²) in [5, 5.41) is 14.0. The molecule has 0 bridgehead atoms. The van der Waals surface area contributed by atoms with Gasteiger partial charge < -0.3 is 20.6 Å². The Balaban J connectivity index is 2.54. The zero-order valence-corrected chi connectivity index (χ0v) is 10.3. The number of carbonyl (C=O) groups excluding carboxylic acids is 1. The number of aromatic nitrogens is 1. The van der Waals surface area contributed by atoms with Crippen molar-refractivity contribution < 1.29 is 9.90 Å². The average Bonchev–Trinajstić information content (AvgIpc) is 2.29. The van der Waals surface area contributed by atoms with E-state index in [4.69, 9.17) is 5.11 Å². The molecule has 0 aliphatic carbocycles. The predicted molar refractivity (Wildman–Crippen MR) is 67.3 cm³/mol. The highest BCUT2D eigenvalue weighted by molar-refractivity contribution is 5.89. The molecule has 0 saturated heterocycles. The third kappa shape index (κ3) is 4.28. The number of pyridine rings is 1. The number of hydrogen-bond acceptors (Lipinski definition) is 4. The van der Waals surface area contributed by atoms with Crippen molar-refractivity contribution in [2.45, 2.75) is 13.0 Å². The maximum absolute atomic E-state index is 11.4. The van der Waals surface area contributed by atoms with Gasteiger partial charge in [-0.3, -0.25) is 0 Å². The summed E-state index contributed by atoms with van der Waals surface area (Å²) in [5.41, 5.74) is 0.609. The second-order valence-corrected chi connectivity index (χ2v) is 3.98. The minimum Gasteiger partial charge on any atom is -0.394 e. The van der Waals surface area contributed by atoms with Crippen LogP contribution in [0.4, 0.5) is 16.3 Å². The van der Waals surface area contributed by atoms with Crippen LogP contribution in [0.3, 0.4) is 0 Å². The van der Waals surface area contributed by atoms with Crippen molar-refractivity contribution in [3.8, 4) is 0 Å². The molecule has 6 nitrogen and oxygen atoms in total. The van der Waals surface area contributed by atoms with E-state index in [1.54, 1.807) is 19.2 Å². The molecule has 0 aromatic carbocycles. The molecule has 0 spiro atoms. The third-order valence-electron chi connectivity index (χ3n) is 2.12. The minimum atomic E-state index is -0.356. The standard InChI is InChI=1S/C11H18N4O2/c1-8(7-16)13-11(17)14-9-4-5-10(12-6-9)15(2)3/h4-6,8,16H,7H2,1-3H3,(H2,13,14,17). The highest BCUT2D eigenvalue weighted by Gasteiger charge is 2.06. The topological polar surface area (TPSA) is 77.5 Å². The summed E-state index contributed by atoms with van der Waals surface area (Å²) in [6.07, 6.45) is 1.58. The first-order chi connectivity index (χ1) is 8.02. The number of aliphatic hydroxyl groups is 1. The van der Waals surface area contributed by atoms with Crippen LogP contribution >= 0.6 is 0 Å². The zero-order chi connectivity index (χ0) is 12.8. The lowest BCUT2D eigenvalue weighted by atomic mass is 10.3. The van der Waals surface area contributed by atoms with Crippen molar-refractivity contribution in [1.29, 1.82) is 0 Å². The lowest BCUT2D eigenvalue weighted by Gasteiger charge is -2.13. The lowest BCUT2D eigenvalue weighted by molar-refractivity contribution is 0.229. The summed E-state index contributed by atoms with van der Waals surface area (Å²) >= 11 is 0. The molecule has 1 aromatic heterocycles. The summed E-state index contributed by atoms with van der Waals surface area (Å²) in [5.74, 6) is 0.819. The van der Waals surface area contributed by atoms with Crippen LogP contribution in [0.5, 0.6) is 0 Å². The Morgan fingerprint density at radius 1 is 1.53 bits per heavy atom. The number of hydrogen-bond donors (Lipinski definition) is 3. The van der Waals surface area contributed by atoms with E-state index in [1.807, 2.05) is 25.1 Å². The Bertz CT molecular complexity index is 364. The molecular weight excluding hydrogens is 220 g/mol. The van der Waals surface area contributed by atoms with Gasteiger partial charge >= 0.3 is 6.03 Å². The number of nitrogens with zero attached hydrogens (tertiary/aromatic N) is 2. The van der Waals surface area contributed by atoms with Gasteiger partial charge in [0.15, 0.2) is 0 Å². The Morgan fingerprint density at radius 3 is 2.71 bits per heavy atom. The Morgan fingerprint density at radius 2 is 2.24 bits per heavy atom. The minimum absolute atomic E-state index is 0.0920. The molecule has 0 aliphatic rings. The van der Waals surface area contributed by atoms with Crippen LogP contribution in [0.25, 0.3) is 0 Å². The molecule has 6 heteroatoms. The number of urea groups is 1. The average molecular weight is 238 g/mol. The lowest BCUT2D eigenvalue weighted by Crippen LogP contribution is -2.38. The number of amides is 2. The van der Waals surface area contributed by atoms with Crippen LogP contribution in [0, 0.1) is 0 Å².